The van der Waals surface area contributed by atoms with Crippen LogP contribution in [0.2, 0.25) is 0 Å². The van der Waals surface area contributed by atoms with E-state index >= 15 is 0 Å². The maximum Gasteiger partial charge on any atom is 0.259 e. The van der Waals surface area contributed by atoms with E-state index in [2.05, 4.69) is 5.32 Å². The number of aryl methyl sites for hydroxylation is 1. The molecule has 0 saturated carbocycles. The minimum absolute atomic E-state index is 0.0304. The van der Waals surface area contributed by atoms with Gasteiger partial charge in [-0.3, -0.25) is 9.59 Å². The molecule has 1 aliphatic rings. The highest BCUT2D eigenvalue weighted by atomic mass is 16.5. The lowest BCUT2D eigenvalue weighted by Gasteiger charge is -2.26. The summed E-state index contributed by atoms with van der Waals surface area (Å²) < 4.78 is 7.04. The van der Waals surface area contributed by atoms with Crippen LogP contribution in [-0.2, 0) is 4.74 Å². The molecule has 0 aliphatic carbocycles. The highest BCUT2D eigenvalue weighted by Crippen LogP contribution is 2.27. The first-order valence-electron chi connectivity index (χ1n) is 11.6. The molecule has 0 radical (unpaired) electrons. The van der Waals surface area contributed by atoms with Gasteiger partial charge in [0.25, 0.3) is 11.8 Å². The van der Waals surface area contributed by atoms with Crippen LogP contribution >= 0.6 is 0 Å². The Balaban J connectivity index is 1.41. The summed E-state index contributed by atoms with van der Waals surface area (Å²) >= 11 is 0. The van der Waals surface area contributed by atoms with Gasteiger partial charge in [0.1, 0.15) is 5.69 Å². The molecular formula is C28H26N4O3. The summed E-state index contributed by atoms with van der Waals surface area (Å²) in [6.07, 6.45) is 1.75. The fourth-order valence-electron chi connectivity index (χ4n) is 4.13. The largest absolute Gasteiger partial charge is 0.378 e. The molecule has 2 amide bonds. The molecule has 35 heavy (non-hydrogen) atoms. The van der Waals surface area contributed by atoms with E-state index in [-0.39, 0.29) is 11.8 Å². The number of carbonyl (C=O) groups excluding carboxylic acids is 2. The average Bonchev–Trinajstić information content (AvgIpc) is 3.35. The predicted octanol–water partition coefficient (Wildman–Crippen LogP) is 4.57. The van der Waals surface area contributed by atoms with Crippen LogP contribution in [0, 0.1) is 6.92 Å². The summed E-state index contributed by atoms with van der Waals surface area (Å²) in [5, 5.41) is 7.72. The molecule has 7 heteroatoms. The second-order valence-electron chi connectivity index (χ2n) is 8.42. The van der Waals surface area contributed by atoms with Crippen LogP contribution in [0.15, 0.2) is 85.1 Å². The topological polar surface area (TPSA) is 76.5 Å². The minimum atomic E-state index is -0.266. The number of hydrogen-bond acceptors (Lipinski definition) is 4. The quantitative estimate of drug-likeness (QED) is 0.467. The van der Waals surface area contributed by atoms with Gasteiger partial charge in [-0.25, -0.2) is 4.68 Å². The van der Waals surface area contributed by atoms with E-state index < -0.39 is 0 Å². The monoisotopic (exact) mass is 466 g/mol. The van der Waals surface area contributed by atoms with Crippen molar-refractivity contribution in [2.75, 3.05) is 31.6 Å². The molecule has 4 aromatic rings. The minimum Gasteiger partial charge on any atom is -0.378 e. The Labute approximate surface area is 204 Å². The number of amides is 2. The predicted molar refractivity (Wildman–Crippen MR) is 135 cm³/mol. The van der Waals surface area contributed by atoms with Crippen LogP contribution in [0.3, 0.4) is 0 Å². The normalized spacial score (nSPS) is 13.5. The van der Waals surface area contributed by atoms with Crippen LogP contribution in [0.25, 0.3) is 16.9 Å². The van der Waals surface area contributed by atoms with Gasteiger partial charge in [-0.15, -0.1) is 0 Å². The molecule has 2 heterocycles. The van der Waals surface area contributed by atoms with E-state index in [0.29, 0.717) is 48.8 Å². The molecule has 0 unspecified atom stereocenters. The molecule has 5 rings (SSSR count). The van der Waals surface area contributed by atoms with E-state index in [9.17, 15) is 9.59 Å². The highest BCUT2D eigenvalue weighted by Gasteiger charge is 2.21. The third kappa shape index (κ3) is 4.85. The molecule has 7 nitrogen and oxygen atoms in total. The number of carbonyl (C=O) groups is 2. The third-order valence-corrected chi connectivity index (χ3v) is 6.07. The maximum absolute atomic E-state index is 13.4. The van der Waals surface area contributed by atoms with Crippen molar-refractivity contribution in [3.8, 4) is 16.9 Å². The molecule has 1 saturated heterocycles. The molecule has 1 fully saturated rings. The lowest BCUT2D eigenvalue weighted by molar-refractivity contribution is 0.0303. The highest BCUT2D eigenvalue weighted by molar-refractivity contribution is 6.08. The van der Waals surface area contributed by atoms with Gasteiger partial charge < -0.3 is 15.0 Å². The Morgan fingerprint density at radius 3 is 2.29 bits per heavy atom. The number of benzene rings is 3. The molecule has 1 aliphatic heterocycles. The second-order valence-corrected chi connectivity index (χ2v) is 8.42. The Hall–Kier alpha value is -4.23. The van der Waals surface area contributed by atoms with Crippen LogP contribution in [0.5, 0.6) is 0 Å². The Kier molecular flexibility index (Phi) is 6.41. The van der Waals surface area contributed by atoms with Crippen LogP contribution in [0.4, 0.5) is 5.69 Å². The number of ether oxygens (including phenoxy) is 1. The first-order chi connectivity index (χ1) is 17.1. The number of morpholine rings is 1. The standard InChI is InChI=1S/C28H26N4O3/c1-20-7-5-6-10-24(20)26-25(19-32(30-26)23-8-3-2-4-9-23)27(33)29-22-13-11-21(12-14-22)28(34)31-15-17-35-18-16-31/h2-14,19H,15-18H2,1H3,(H,29,33). The number of nitrogens with one attached hydrogen (secondary N) is 1. The summed E-state index contributed by atoms with van der Waals surface area (Å²) in [6.45, 7) is 4.29. The number of para-hydroxylation sites is 1. The summed E-state index contributed by atoms with van der Waals surface area (Å²) in [4.78, 5) is 27.9. The Bertz CT molecular complexity index is 1340. The summed E-state index contributed by atoms with van der Waals surface area (Å²) in [6, 6.07) is 24.6. The third-order valence-electron chi connectivity index (χ3n) is 6.07. The van der Waals surface area contributed by atoms with Gasteiger partial charge in [0.2, 0.25) is 0 Å². The van der Waals surface area contributed by atoms with Gasteiger partial charge in [0.05, 0.1) is 24.5 Å². The zero-order chi connectivity index (χ0) is 24.2. The van der Waals surface area contributed by atoms with Crippen molar-refractivity contribution in [3.05, 3.63) is 102 Å². The zero-order valence-corrected chi connectivity index (χ0v) is 19.5. The van der Waals surface area contributed by atoms with Crippen molar-refractivity contribution >= 4 is 17.5 Å². The lowest BCUT2D eigenvalue weighted by atomic mass is 10.0. The number of nitrogens with zero attached hydrogens (tertiary/aromatic N) is 3. The lowest BCUT2D eigenvalue weighted by Crippen LogP contribution is -2.40. The number of hydrogen-bond donors (Lipinski definition) is 1. The SMILES string of the molecule is Cc1ccccc1-c1nn(-c2ccccc2)cc1C(=O)Nc1ccc(C(=O)N2CCOCC2)cc1. The van der Waals surface area contributed by atoms with E-state index in [1.54, 1.807) is 40.0 Å². The van der Waals surface area contributed by atoms with Gasteiger partial charge in [-0.2, -0.15) is 5.10 Å². The van der Waals surface area contributed by atoms with Crippen molar-refractivity contribution in [3.63, 3.8) is 0 Å². The van der Waals surface area contributed by atoms with Gasteiger partial charge in [0.15, 0.2) is 0 Å². The molecule has 0 spiro atoms. The van der Waals surface area contributed by atoms with Crippen molar-refractivity contribution in [1.82, 2.24) is 14.7 Å². The molecule has 3 aromatic carbocycles. The number of rotatable bonds is 5. The summed E-state index contributed by atoms with van der Waals surface area (Å²) in [5.41, 5.74) is 5.08. The van der Waals surface area contributed by atoms with Crippen molar-refractivity contribution in [2.24, 2.45) is 0 Å². The smallest absolute Gasteiger partial charge is 0.259 e. The molecule has 0 atom stereocenters. The van der Waals surface area contributed by atoms with Crippen LogP contribution in [0.1, 0.15) is 26.3 Å². The zero-order valence-electron chi connectivity index (χ0n) is 19.5. The van der Waals surface area contributed by atoms with Gasteiger partial charge >= 0.3 is 0 Å². The fourth-order valence-corrected chi connectivity index (χ4v) is 4.13. The molecule has 1 aromatic heterocycles. The van der Waals surface area contributed by atoms with Crippen LogP contribution < -0.4 is 5.32 Å². The Morgan fingerprint density at radius 1 is 0.886 bits per heavy atom. The van der Waals surface area contributed by atoms with Gasteiger partial charge in [-0.1, -0.05) is 42.5 Å². The molecular weight excluding hydrogens is 440 g/mol. The Morgan fingerprint density at radius 2 is 1.57 bits per heavy atom. The molecule has 1 N–H and O–H groups in total. The fraction of sp³-hybridized carbons (Fsp3) is 0.179. The van der Waals surface area contributed by atoms with Gasteiger partial charge in [0, 0.05) is 36.1 Å². The average molecular weight is 467 g/mol. The van der Waals surface area contributed by atoms with E-state index in [4.69, 9.17) is 9.84 Å². The van der Waals surface area contributed by atoms with E-state index in [1.165, 1.54) is 0 Å². The first kappa shape index (κ1) is 22.6. The van der Waals surface area contributed by atoms with E-state index in [0.717, 1.165) is 16.8 Å². The molecule has 0 bridgehead atoms. The van der Waals surface area contributed by atoms with Crippen molar-refractivity contribution < 1.29 is 14.3 Å². The van der Waals surface area contributed by atoms with Crippen LogP contribution in [-0.4, -0.2) is 52.8 Å². The van der Waals surface area contributed by atoms with E-state index in [1.807, 2.05) is 61.5 Å². The van der Waals surface area contributed by atoms with Crippen molar-refractivity contribution in [1.29, 1.82) is 0 Å². The van der Waals surface area contributed by atoms with Gasteiger partial charge in [-0.05, 0) is 48.9 Å². The van der Waals surface area contributed by atoms with Crippen molar-refractivity contribution in [2.45, 2.75) is 6.92 Å². The number of anilines is 1. The first-order valence-corrected chi connectivity index (χ1v) is 11.6. The molecule has 176 valence electrons. The second kappa shape index (κ2) is 9.95. The summed E-state index contributed by atoms with van der Waals surface area (Å²) in [7, 11) is 0. The summed E-state index contributed by atoms with van der Waals surface area (Å²) in [5.74, 6) is -0.296. The number of aromatic nitrogens is 2. The maximum atomic E-state index is 13.4.